The average molecular weight is 391 g/mol. The quantitative estimate of drug-likeness (QED) is 0.569. The molecule has 1 unspecified atom stereocenters. The lowest BCUT2D eigenvalue weighted by atomic mass is 9.93. The van der Waals surface area contributed by atoms with Crippen LogP contribution in [0.2, 0.25) is 0 Å². The van der Waals surface area contributed by atoms with Crippen LogP contribution in [0.15, 0.2) is 52.0 Å². The van der Waals surface area contributed by atoms with Crippen LogP contribution in [0.4, 0.5) is 0 Å². The van der Waals surface area contributed by atoms with Crippen molar-refractivity contribution >= 4 is 21.9 Å². The number of sulfonamides is 1. The minimum atomic E-state index is -4.07. The summed E-state index contributed by atoms with van der Waals surface area (Å²) in [4.78, 5) is 25.0. The van der Waals surface area contributed by atoms with Gasteiger partial charge in [0.05, 0.1) is 17.5 Å². The Hall–Kier alpha value is -2.41. The van der Waals surface area contributed by atoms with Crippen LogP contribution < -0.4 is 0 Å². The van der Waals surface area contributed by atoms with Gasteiger partial charge >= 0.3 is 5.97 Å². The Bertz CT molecular complexity index is 910. The third kappa shape index (κ3) is 3.98. The highest BCUT2D eigenvalue weighted by atomic mass is 32.2. The number of carbonyl (C=O) groups is 2. The minimum absolute atomic E-state index is 0.0442. The van der Waals surface area contributed by atoms with E-state index in [-0.39, 0.29) is 17.1 Å². The fourth-order valence-corrected chi connectivity index (χ4v) is 4.70. The molecule has 0 spiro atoms. The normalized spacial score (nSPS) is 19.6. The molecule has 1 aromatic carbocycles. The predicted molar refractivity (Wildman–Crippen MR) is 102 cm³/mol. The van der Waals surface area contributed by atoms with E-state index in [0.29, 0.717) is 17.6 Å². The highest BCUT2D eigenvalue weighted by Crippen LogP contribution is 2.32. The van der Waals surface area contributed by atoms with Crippen LogP contribution in [0.25, 0.3) is 0 Å². The van der Waals surface area contributed by atoms with E-state index in [2.05, 4.69) is 0 Å². The molecule has 146 valence electrons. The number of hydrogen-bond donors (Lipinski definition) is 0. The van der Waals surface area contributed by atoms with Crippen LogP contribution in [0.5, 0.6) is 0 Å². The molecule has 1 atom stereocenters. The Morgan fingerprint density at radius 2 is 1.74 bits per heavy atom. The van der Waals surface area contributed by atoms with Crippen LogP contribution in [-0.4, -0.2) is 37.2 Å². The molecular weight excluding hydrogens is 366 g/mol. The smallest absolute Gasteiger partial charge is 0.334 e. The molecule has 7 heteroatoms. The molecule has 27 heavy (non-hydrogen) atoms. The van der Waals surface area contributed by atoms with Gasteiger partial charge in [-0.1, -0.05) is 24.6 Å². The maximum atomic E-state index is 13.2. The first-order valence-electron chi connectivity index (χ1n) is 8.86. The van der Waals surface area contributed by atoms with Gasteiger partial charge in [0, 0.05) is 11.1 Å². The molecule has 0 bridgehead atoms. The number of carbonyl (C=O) groups excluding carboxylic acids is 2. The zero-order chi connectivity index (χ0) is 20.4. The largest absolute Gasteiger partial charge is 0.463 e. The molecule has 1 aliphatic rings. The molecule has 0 fully saturated rings. The third-order valence-electron chi connectivity index (χ3n) is 4.53. The van der Waals surface area contributed by atoms with Gasteiger partial charge in [0.2, 0.25) is 0 Å². The zero-order valence-corrected chi connectivity index (χ0v) is 17.1. The average Bonchev–Trinajstić information content (AvgIpc) is 2.63. The molecule has 6 nitrogen and oxygen atoms in total. The molecule has 1 amide bonds. The van der Waals surface area contributed by atoms with E-state index in [1.54, 1.807) is 45.9 Å². The van der Waals surface area contributed by atoms with Crippen molar-refractivity contribution in [3.63, 3.8) is 0 Å². The van der Waals surface area contributed by atoms with Gasteiger partial charge in [-0.25, -0.2) is 17.5 Å². The summed E-state index contributed by atoms with van der Waals surface area (Å²) >= 11 is 0. The van der Waals surface area contributed by atoms with Gasteiger partial charge in [-0.2, -0.15) is 0 Å². The van der Waals surface area contributed by atoms with Crippen molar-refractivity contribution in [2.45, 2.75) is 52.0 Å². The number of amides is 1. The predicted octanol–water partition coefficient (Wildman–Crippen LogP) is 3.13. The van der Waals surface area contributed by atoms with E-state index in [0.717, 1.165) is 9.87 Å². The van der Waals surface area contributed by atoms with Gasteiger partial charge in [-0.3, -0.25) is 4.79 Å². The second-order valence-electron chi connectivity index (χ2n) is 6.47. The number of esters is 1. The van der Waals surface area contributed by atoms with Gasteiger partial charge in [0.1, 0.15) is 0 Å². The van der Waals surface area contributed by atoms with Crippen LogP contribution in [0, 0.1) is 6.92 Å². The molecule has 0 aliphatic carbocycles. The molecule has 0 saturated carbocycles. The number of hydrogen-bond acceptors (Lipinski definition) is 5. The number of benzene rings is 1. The van der Waals surface area contributed by atoms with E-state index in [1.165, 1.54) is 12.1 Å². The summed E-state index contributed by atoms with van der Waals surface area (Å²) in [6.45, 7) is 8.69. The van der Waals surface area contributed by atoms with Crippen molar-refractivity contribution in [2.75, 3.05) is 6.61 Å². The second kappa shape index (κ2) is 8.08. The molecule has 0 aromatic heterocycles. The van der Waals surface area contributed by atoms with Crippen molar-refractivity contribution in [1.29, 1.82) is 0 Å². The van der Waals surface area contributed by atoms with Crippen molar-refractivity contribution in [3.05, 3.63) is 52.6 Å². The number of nitrogens with zero attached hydrogens (tertiary/aromatic N) is 1. The molecule has 1 aromatic rings. The lowest BCUT2D eigenvalue weighted by molar-refractivity contribution is -0.138. The van der Waals surface area contributed by atoms with E-state index in [9.17, 15) is 18.0 Å². The first-order valence-corrected chi connectivity index (χ1v) is 10.3. The Kier molecular flexibility index (Phi) is 6.26. The lowest BCUT2D eigenvalue weighted by Gasteiger charge is -2.35. The highest BCUT2D eigenvalue weighted by Gasteiger charge is 2.40. The maximum absolute atomic E-state index is 13.2. The molecule has 1 aliphatic heterocycles. The van der Waals surface area contributed by atoms with Gasteiger partial charge in [-0.15, -0.1) is 0 Å². The van der Waals surface area contributed by atoms with Gasteiger partial charge in [0.15, 0.2) is 0 Å². The summed E-state index contributed by atoms with van der Waals surface area (Å²) in [6.07, 6.45) is 1.93. The fourth-order valence-electron chi connectivity index (χ4n) is 3.03. The first kappa shape index (κ1) is 20.9. The van der Waals surface area contributed by atoms with Crippen molar-refractivity contribution in [2.24, 2.45) is 0 Å². The molecular formula is C20H25NO5S. The van der Waals surface area contributed by atoms with E-state index in [4.69, 9.17) is 4.74 Å². The maximum Gasteiger partial charge on any atom is 0.334 e. The first-order chi connectivity index (χ1) is 12.6. The van der Waals surface area contributed by atoms with E-state index >= 15 is 0 Å². The monoisotopic (exact) mass is 391 g/mol. The summed E-state index contributed by atoms with van der Waals surface area (Å²) in [6, 6.07) is 5.58. The number of aryl methyl sites for hydroxylation is 1. The molecule has 1 heterocycles. The van der Waals surface area contributed by atoms with Crippen LogP contribution in [-0.2, 0) is 24.3 Å². The van der Waals surface area contributed by atoms with Crippen molar-refractivity contribution in [1.82, 2.24) is 4.31 Å². The third-order valence-corrected chi connectivity index (χ3v) is 6.34. The topological polar surface area (TPSA) is 80.8 Å². The van der Waals surface area contributed by atoms with Crippen LogP contribution >= 0.6 is 0 Å². The number of rotatable bonds is 5. The van der Waals surface area contributed by atoms with Crippen LogP contribution in [0.1, 0.15) is 39.7 Å². The Balaban J connectivity index is 2.64. The fraction of sp³-hybridized carbons (Fsp3) is 0.400. The standard InChI is InChI=1S/C20H25NO5S/c1-6-18-17(15(5)20(23)26-7-2)12-14(4)19(22)21(18)27(24,25)16-10-8-13(3)9-11-16/h8-12,18H,6-7H2,1-5H3/b17-15-. The van der Waals surface area contributed by atoms with E-state index in [1.807, 2.05) is 6.92 Å². The second-order valence-corrected chi connectivity index (χ2v) is 8.29. The van der Waals surface area contributed by atoms with E-state index < -0.39 is 27.9 Å². The zero-order valence-electron chi connectivity index (χ0n) is 16.3. The van der Waals surface area contributed by atoms with Gasteiger partial charge < -0.3 is 4.74 Å². The minimum Gasteiger partial charge on any atom is -0.463 e. The molecule has 0 radical (unpaired) electrons. The molecule has 2 rings (SSSR count). The lowest BCUT2D eigenvalue weighted by Crippen LogP contribution is -2.48. The van der Waals surface area contributed by atoms with Crippen molar-refractivity contribution in [3.8, 4) is 0 Å². The summed E-state index contributed by atoms with van der Waals surface area (Å²) in [5, 5.41) is 0. The van der Waals surface area contributed by atoms with Crippen LogP contribution in [0.3, 0.4) is 0 Å². The summed E-state index contributed by atoms with van der Waals surface area (Å²) < 4.78 is 32.4. The summed E-state index contributed by atoms with van der Waals surface area (Å²) in [5.74, 6) is -1.10. The SMILES string of the molecule is CCOC(=O)/C(C)=C1/C=C(C)C(=O)N(S(=O)(=O)c2ccc(C)cc2)C1CC. The van der Waals surface area contributed by atoms with Gasteiger partial charge in [-0.05, 0) is 57.9 Å². The van der Waals surface area contributed by atoms with Gasteiger partial charge in [0.25, 0.3) is 15.9 Å². The van der Waals surface area contributed by atoms with Crippen molar-refractivity contribution < 1.29 is 22.7 Å². The molecule has 0 N–H and O–H groups in total. The summed E-state index contributed by atoms with van der Waals surface area (Å²) in [7, 11) is -4.07. The Labute approximate surface area is 160 Å². The summed E-state index contributed by atoms with van der Waals surface area (Å²) in [5.41, 5.74) is 1.97. The Morgan fingerprint density at radius 1 is 1.15 bits per heavy atom. The Morgan fingerprint density at radius 3 is 2.26 bits per heavy atom. The number of ether oxygens (including phenoxy) is 1. The molecule has 0 saturated heterocycles. The highest BCUT2D eigenvalue weighted by molar-refractivity contribution is 7.89.